The molecule has 1 aromatic heterocycles. The molecule has 1 aliphatic rings. The van der Waals surface area contributed by atoms with Crippen LogP contribution in [0.25, 0.3) is 10.9 Å². The topological polar surface area (TPSA) is 75.2 Å². The highest BCUT2D eigenvalue weighted by Crippen LogP contribution is 2.30. The summed E-state index contributed by atoms with van der Waals surface area (Å²) >= 11 is 0. The summed E-state index contributed by atoms with van der Waals surface area (Å²) in [6.45, 7) is 5.25. The first-order chi connectivity index (χ1) is 14.0. The van der Waals surface area contributed by atoms with Gasteiger partial charge in [-0.05, 0) is 48.1 Å². The van der Waals surface area contributed by atoms with Gasteiger partial charge in [0.15, 0.2) is 0 Å². The molecule has 0 fully saturated rings. The monoisotopic (exact) mass is 391 g/mol. The third-order valence-corrected chi connectivity index (χ3v) is 5.64. The smallest absolute Gasteiger partial charge is 0.312 e. The zero-order valence-corrected chi connectivity index (χ0v) is 16.8. The number of para-hydroxylation sites is 1. The third-order valence-electron chi connectivity index (χ3n) is 5.64. The Morgan fingerprint density at radius 2 is 1.93 bits per heavy atom. The van der Waals surface area contributed by atoms with E-state index in [0.29, 0.717) is 23.4 Å². The van der Waals surface area contributed by atoms with E-state index in [1.165, 1.54) is 15.7 Å². The van der Waals surface area contributed by atoms with Crippen LogP contribution in [0.15, 0.2) is 52.1 Å². The summed E-state index contributed by atoms with van der Waals surface area (Å²) in [7, 11) is 0. The van der Waals surface area contributed by atoms with Crippen molar-refractivity contribution in [3.63, 3.8) is 0 Å². The van der Waals surface area contributed by atoms with E-state index >= 15 is 0 Å². The SMILES string of the molecule is CC(C)c1ccc2c(c1)CCCN2C(=O)CCn1c(=O)[nH]c(=O)c2ccccc21. The lowest BCUT2D eigenvalue weighted by molar-refractivity contribution is -0.118. The average molecular weight is 391 g/mol. The van der Waals surface area contributed by atoms with Gasteiger partial charge in [0.25, 0.3) is 5.56 Å². The number of nitrogens with zero attached hydrogens (tertiary/aromatic N) is 2. The standard InChI is InChI=1S/C23H25N3O3/c1-15(2)16-9-10-19-17(14-16)6-5-12-25(19)21(27)11-13-26-20-8-4-3-7-18(20)22(28)24-23(26)29/h3-4,7-10,14-15H,5-6,11-13H2,1-2H3,(H,24,28,29). The second-order valence-electron chi connectivity index (χ2n) is 7.87. The molecule has 6 nitrogen and oxygen atoms in total. The van der Waals surface area contributed by atoms with E-state index < -0.39 is 11.2 Å². The van der Waals surface area contributed by atoms with Gasteiger partial charge in [-0.2, -0.15) is 0 Å². The number of benzene rings is 2. The van der Waals surface area contributed by atoms with E-state index in [1.54, 1.807) is 24.3 Å². The summed E-state index contributed by atoms with van der Waals surface area (Å²) in [5.74, 6) is 0.442. The fourth-order valence-electron chi connectivity index (χ4n) is 4.04. The number of anilines is 1. The molecule has 1 amide bonds. The highest BCUT2D eigenvalue weighted by Gasteiger charge is 2.23. The first-order valence-electron chi connectivity index (χ1n) is 10.1. The summed E-state index contributed by atoms with van der Waals surface area (Å²) in [4.78, 5) is 41.5. The van der Waals surface area contributed by atoms with Crippen molar-refractivity contribution in [2.24, 2.45) is 0 Å². The highest BCUT2D eigenvalue weighted by atomic mass is 16.2. The van der Waals surface area contributed by atoms with Gasteiger partial charge in [-0.1, -0.05) is 38.1 Å². The Labute approximate surface area is 168 Å². The van der Waals surface area contributed by atoms with Gasteiger partial charge in [-0.3, -0.25) is 19.1 Å². The molecule has 0 atom stereocenters. The normalized spacial score (nSPS) is 13.7. The number of H-pyrrole nitrogens is 1. The van der Waals surface area contributed by atoms with Gasteiger partial charge in [-0.15, -0.1) is 0 Å². The molecule has 150 valence electrons. The summed E-state index contributed by atoms with van der Waals surface area (Å²) in [6.07, 6.45) is 2.10. The second-order valence-corrected chi connectivity index (χ2v) is 7.87. The number of fused-ring (bicyclic) bond motifs is 2. The van der Waals surface area contributed by atoms with Crippen LogP contribution in [-0.4, -0.2) is 22.0 Å². The molecule has 0 saturated carbocycles. The molecule has 2 aromatic carbocycles. The maximum Gasteiger partial charge on any atom is 0.328 e. The van der Waals surface area contributed by atoms with Crippen LogP contribution in [0.4, 0.5) is 5.69 Å². The van der Waals surface area contributed by atoms with Crippen molar-refractivity contribution in [1.82, 2.24) is 9.55 Å². The predicted molar refractivity (Wildman–Crippen MR) is 115 cm³/mol. The van der Waals surface area contributed by atoms with E-state index in [-0.39, 0.29) is 18.9 Å². The van der Waals surface area contributed by atoms with Gasteiger partial charge in [0, 0.05) is 25.2 Å². The van der Waals surface area contributed by atoms with Gasteiger partial charge >= 0.3 is 5.69 Å². The minimum atomic E-state index is -0.484. The first-order valence-corrected chi connectivity index (χ1v) is 10.1. The fraction of sp³-hybridized carbons (Fsp3) is 0.348. The minimum absolute atomic E-state index is 0.00886. The number of hydrogen-bond donors (Lipinski definition) is 1. The molecule has 29 heavy (non-hydrogen) atoms. The number of aromatic nitrogens is 2. The van der Waals surface area contributed by atoms with E-state index in [0.717, 1.165) is 18.5 Å². The zero-order valence-electron chi connectivity index (χ0n) is 16.8. The molecule has 0 bridgehead atoms. The summed E-state index contributed by atoms with van der Waals surface area (Å²) < 4.78 is 1.47. The van der Waals surface area contributed by atoms with E-state index in [1.807, 2.05) is 11.0 Å². The number of amides is 1. The van der Waals surface area contributed by atoms with Crippen molar-refractivity contribution in [2.75, 3.05) is 11.4 Å². The lowest BCUT2D eigenvalue weighted by atomic mass is 9.94. The molecular weight excluding hydrogens is 366 g/mol. The van der Waals surface area contributed by atoms with Crippen LogP contribution >= 0.6 is 0 Å². The van der Waals surface area contributed by atoms with Crippen molar-refractivity contribution in [1.29, 1.82) is 0 Å². The maximum atomic E-state index is 13.0. The molecule has 1 aliphatic heterocycles. The molecule has 0 saturated heterocycles. The number of nitrogens with one attached hydrogen (secondary N) is 1. The van der Waals surface area contributed by atoms with Gasteiger partial charge in [0.1, 0.15) is 0 Å². The van der Waals surface area contributed by atoms with Crippen LogP contribution in [-0.2, 0) is 17.8 Å². The quantitative estimate of drug-likeness (QED) is 0.742. The number of rotatable bonds is 4. The summed E-state index contributed by atoms with van der Waals surface area (Å²) in [6, 6.07) is 13.3. The van der Waals surface area contributed by atoms with Crippen molar-refractivity contribution in [2.45, 2.75) is 45.6 Å². The Morgan fingerprint density at radius 1 is 1.14 bits per heavy atom. The number of aromatic amines is 1. The molecule has 2 heterocycles. The molecular formula is C23H25N3O3. The lowest BCUT2D eigenvalue weighted by Gasteiger charge is -2.30. The molecule has 4 rings (SSSR count). The van der Waals surface area contributed by atoms with Gasteiger partial charge in [-0.25, -0.2) is 4.79 Å². The van der Waals surface area contributed by atoms with Crippen LogP contribution in [0.3, 0.4) is 0 Å². The van der Waals surface area contributed by atoms with Crippen molar-refractivity contribution in [3.8, 4) is 0 Å². The molecule has 0 radical (unpaired) electrons. The number of carbonyl (C=O) groups is 1. The van der Waals surface area contributed by atoms with Gasteiger partial charge in [0.2, 0.25) is 5.91 Å². The van der Waals surface area contributed by atoms with Crippen molar-refractivity contribution < 1.29 is 4.79 Å². The van der Waals surface area contributed by atoms with E-state index in [2.05, 4.69) is 31.0 Å². The van der Waals surface area contributed by atoms with E-state index in [4.69, 9.17) is 0 Å². The summed E-state index contributed by atoms with van der Waals surface area (Å²) in [5.41, 5.74) is 3.13. The van der Waals surface area contributed by atoms with Crippen LogP contribution in [0.2, 0.25) is 0 Å². The van der Waals surface area contributed by atoms with Crippen molar-refractivity contribution in [3.05, 3.63) is 74.4 Å². The number of carbonyl (C=O) groups excluding carboxylic acids is 1. The summed E-state index contributed by atoms with van der Waals surface area (Å²) in [5, 5.41) is 0.448. The zero-order chi connectivity index (χ0) is 20.5. The van der Waals surface area contributed by atoms with Crippen molar-refractivity contribution >= 4 is 22.5 Å². The second kappa shape index (κ2) is 7.70. The Morgan fingerprint density at radius 3 is 2.72 bits per heavy atom. The van der Waals surface area contributed by atoms with Crippen LogP contribution in [0.5, 0.6) is 0 Å². The highest BCUT2D eigenvalue weighted by molar-refractivity contribution is 5.94. The fourth-order valence-corrected chi connectivity index (χ4v) is 4.04. The molecule has 3 aromatic rings. The number of aryl methyl sites for hydroxylation is 2. The Bertz CT molecular complexity index is 1190. The van der Waals surface area contributed by atoms with Gasteiger partial charge in [0.05, 0.1) is 10.9 Å². The van der Waals surface area contributed by atoms with Crippen LogP contribution in [0.1, 0.15) is 43.7 Å². The van der Waals surface area contributed by atoms with Crippen LogP contribution in [0, 0.1) is 0 Å². The Balaban J connectivity index is 1.59. The molecule has 0 aliphatic carbocycles. The predicted octanol–water partition coefficient (Wildman–Crippen LogP) is 3.18. The van der Waals surface area contributed by atoms with E-state index in [9.17, 15) is 14.4 Å². The molecule has 0 unspecified atom stereocenters. The first kappa shape index (κ1) is 19.2. The average Bonchev–Trinajstić information content (AvgIpc) is 2.72. The Kier molecular flexibility index (Phi) is 5.09. The lowest BCUT2D eigenvalue weighted by Crippen LogP contribution is -2.37. The van der Waals surface area contributed by atoms with Crippen LogP contribution < -0.4 is 16.1 Å². The number of hydrogen-bond acceptors (Lipinski definition) is 3. The third kappa shape index (κ3) is 3.62. The Hall–Kier alpha value is -3.15. The van der Waals surface area contributed by atoms with Gasteiger partial charge < -0.3 is 4.90 Å². The molecule has 6 heteroatoms. The largest absolute Gasteiger partial charge is 0.328 e. The molecule has 1 N–H and O–H groups in total. The maximum absolute atomic E-state index is 13.0. The minimum Gasteiger partial charge on any atom is -0.312 e. The molecule has 0 spiro atoms.